The Morgan fingerprint density at radius 1 is 1.11 bits per heavy atom. The minimum atomic E-state index is -6.04. The summed E-state index contributed by atoms with van der Waals surface area (Å²) in [4.78, 5) is 10.6. The van der Waals surface area contributed by atoms with Gasteiger partial charge in [0.1, 0.15) is 0 Å². The lowest BCUT2D eigenvalue weighted by Gasteiger charge is -2.17. The van der Waals surface area contributed by atoms with E-state index in [0.717, 1.165) is 6.08 Å². The quantitative estimate of drug-likeness (QED) is 0.628. The number of carboxylic acid groups (broad SMARTS) is 1. The van der Waals surface area contributed by atoms with Gasteiger partial charge in [0.05, 0.1) is 5.41 Å². The van der Waals surface area contributed by atoms with Crippen LogP contribution >= 0.6 is 0 Å². The van der Waals surface area contributed by atoms with Crippen LogP contribution in [0.25, 0.3) is 0 Å². The molecule has 0 aromatic heterocycles. The van der Waals surface area contributed by atoms with E-state index in [0.29, 0.717) is 6.08 Å². The van der Waals surface area contributed by atoms with Gasteiger partial charge in [-0.15, -0.1) is 0 Å². The molecule has 2 nitrogen and oxygen atoms in total. The Morgan fingerprint density at radius 3 is 1.89 bits per heavy atom. The van der Waals surface area contributed by atoms with Crippen LogP contribution in [0.4, 0.5) is 26.3 Å². The zero-order valence-corrected chi connectivity index (χ0v) is 9.36. The zero-order chi connectivity index (χ0) is 14.8. The Morgan fingerprint density at radius 2 is 1.56 bits per heavy atom. The molecule has 18 heavy (non-hydrogen) atoms. The highest BCUT2D eigenvalue weighted by atomic mass is 19.4. The maximum atomic E-state index is 12.6. The van der Waals surface area contributed by atoms with Crippen LogP contribution in [0.5, 0.6) is 0 Å². The van der Waals surface area contributed by atoms with E-state index < -0.39 is 29.3 Å². The van der Waals surface area contributed by atoms with Crippen molar-refractivity contribution in [2.45, 2.75) is 25.9 Å². The third-order valence-corrected chi connectivity index (χ3v) is 1.96. The molecule has 0 aromatic rings. The molecule has 0 saturated carbocycles. The van der Waals surface area contributed by atoms with Gasteiger partial charge in [-0.2, -0.15) is 22.0 Å². The highest BCUT2D eigenvalue weighted by Crippen LogP contribution is 2.41. The molecule has 0 heterocycles. The second kappa shape index (κ2) is 5.03. The molecule has 0 fully saturated rings. The van der Waals surface area contributed by atoms with Gasteiger partial charge in [0.2, 0.25) is 0 Å². The topological polar surface area (TPSA) is 37.3 Å². The molecule has 0 unspecified atom stereocenters. The molecule has 0 saturated heterocycles. The van der Waals surface area contributed by atoms with Crippen LogP contribution in [0.2, 0.25) is 0 Å². The van der Waals surface area contributed by atoms with Crippen LogP contribution < -0.4 is 0 Å². The predicted molar refractivity (Wildman–Crippen MR) is 50.7 cm³/mol. The van der Waals surface area contributed by atoms with Crippen molar-refractivity contribution >= 4 is 5.97 Å². The molecule has 0 aliphatic heterocycles. The van der Waals surface area contributed by atoms with Crippen LogP contribution in [0.1, 0.15) is 13.8 Å². The van der Waals surface area contributed by atoms with Crippen LogP contribution in [0, 0.1) is 5.41 Å². The SMILES string of the molecule is CC(C)(/C=C/C=C(\F)C(F)(F)C(F)(F)F)C(=O)O. The molecule has 8 heteroatoms. The van der Waals surface area contributed by atoms with Gasteiger partial charge in [-0.25, -0.2) is 4.39 Å². The Balaban J connectivity index is 5.05. The molecule has 0 amide bonds. The number of allylic oxidation sites excluding steroid dienone is 3. The van der Waals surface area contributed by atoms with E-state index in [1.165, 1.54) is 13.8 Å². The molecule has 0 aliphatic rings. The van der Waals surface area contributed by atoms with Gasteiger partial charge in [-0.3, -0.25) is 4.79 Å². The van der Waals surface area contributed by atoms with E-state index in [4.69, 9.17) is 5.11 Å². The largest absolute Gasteiger partial charge is 0.481 e. The summed E-state index contributed by atoms with van der Waals surface area (Å²) in [6.07, 6.45) is -4.85. The molecule has 104 valence electrons. The van der Waals surface area contributed by atoms with Crippen molar-refractivity contribution in [2.75, 3.05) is 0 Å². The zero-order valence-electron chi connectivity index (χ0n) is 9.36. The highest BCUT2D eigenvalue weighted by Gasteiger charge is 2.60. The summed E-state index contributed by atoms with van der Waals surface area (Å²) < 4.78 is 72.6. The Kier molecular flexibility index (Phi) is 4.62. The number of rotatable bonds is 4. The molecule has 0 aliphatic carbocycles. The number of alkyl halides is 5. The summed E-state index contributed by atoms with van der Waals surface area (Å²) in [5, 5.41) is 8.60. The molecule has 0 spiro atoms. The summed E-state index contributed by atoms with van der Waals surface area (Å²) >= 11 is 0. The van der Waals surface area contributed by atoms with Crippen LogP contribution in [-0.2, 0) is 4.79 Å². The number of carbonyl (C=O) groups is 1. The third-order valence-electron chi connectivity index (χ3n) is 1.96. The van der Waals surface area contributed by atoms with Gasteiger partial charge in [0, 0.05) is 0 Å². The van der Waals surface area contributed by atoms with Crippen molar-refractivity contribution in [3.63, 3.8) is 0 Å². The standard InChI is InChI=1S/C10H10F6O2/c1-8(2,7(17)18)5-3-4-6(11)9(12,13)10(14,15)16/h3-5H,1-2H3,(H,17,18)/b5-3+,6-4-. The molecular weight excluding hydrogens is 266 g/mol. The van der Waals surface area contributed by atoms with Gasteiger partial charge in [0.15, 0.2) is 5.83 Å². The summed E-state index contributed by atoms with van der Waals surface area (Å²) in [6.45, 7) is 2.33. The Hall–Kier alpha value is -1.47. The fourth-order valence-electron chi connectivity index (χ4n) is 0.685. The lowest BCUT2D eigenvalue weighted by molar-refractivity contribution is -0.270. The minimum Gasteiger partial charge on any atom is -0.481 e. The molecule has 0 rings (SSSR count). The van der Waals surface area contributed by atoms with E-state index in [9.17, 15) is 31.1 Å². The molecular formula is C10H10F6O2. The van der Waals surface area contributed by atoms with E-state index >= 15 is 0 Å². The van der Waals surface area contributed by atoms with Crippen molar-refractivity contribution in [1.82, 2.24) is 0 Å². The number of halogens is 6. The summed E-state index contributed by atoms with van der Waals surface area (Å²) in [7, 11) is 0. The van der Waals surface area contributed by atoms with Gasteiger partial charge >= 0.3 is 18.1 Å². The third kappa shape index (κ3) is 3.78. The molecule has 0 radical (unpaired) electrons. The number of hydrogen-bond acceptors (Lipinski definition) is 1. The van der Waals surface area contributed by atoms with E-state index in [-0.39, 0.29) is 6.08 Å². The minimum absolute atomic E-state index is 0.113. The first-order chi connectivity index (χ1) is 7.82. The summed E-state index contributed by atoms with van der Waals surface area (Å²) in [5.74, 6) is -9.63. The predicted octanol–water partition coefficient (Wildman–Crippen LogP) is 3.70. The van der Waals surface area contributed by atoms with Crippen molar-refractivity contribution in [2.24, 2.45) is 5.41 Å². The molecule has 0 bridgehead atoms. The van der Waals surface area contributed by atoms with Gasteiger partial charge in [0.25, 0.3) is 0 Å². The van der Waals surface area contributed by atoms with E-state index in [1.54, 1.807) is 0 Å². The molecule has 0 atom stereocenters. The van der Waals surface area contributed by atoms with Gasteiger partial charge in [-0.1, -0.05) is 12.2 Å². The fraction of sp³-hybridized carbons (Fsp3) is 0.500. The Bertz CT molecular complexity index is 378. The fourth-order valence-corrected chi connectivity index (χ4v) is 0.685. The first-order valence-corrected chi connectivity index (χ1v) is 4.56. The Labute approximate surface area is 98.6 Å². The maximum absolute atomic E-state index is 12.6. The molecule has 1 N–H and O–H groups in total. The lowest BCUT2D eigenvalue weighted by atomic mass is 9.93. The first kappa shape index (κ1) is 16.5. The number of carboxylic acids is 1. The first-order valence-electron chi connectivity index (χ1n) is 4.56. The van der Waals surface area contributed by atoms with Crippen molar-refractivity contribution < 1.29 is 36.2 Å². The van der Waals surface area contributed by atoms with Crippen molar-refractivity contribution in [3.05, 3.63) is 24.1 Å². The monoisotopic (exact) mass is 276 g/mol. The van der Waals surface area contributed by atoms with E-state index in [2.05, 4.69) is 0 Å². The molecule has 0 aromatic carbocycles. The van der Waals surface area contributed by atoms with Crippen molar-refractivity contribution in [3.8, 4) is 0 Å². The normalized spacial score (nSPS) is 15.2. The highest BCUT2D eigenvalue weighted by molar-refractivity contribution is 5.76. The summed E-state index contributed by atoms with van der Waals surface area (Å²) in [6, 6.07) is 0. The van der Waals surface area contributed by atoms with Crippen LogP contribution in [0.3, 0.4) is 0 Å². The average molecular weight is 276 g/mol. The summed E-state index contributed by atoms with van der Waals surface area (Å²) in [5.41, 5.74) is -1.51. The maximum Gasteiger partial charge on any atom is 0.460 e. The number of aliphatic carboxylic acids is 1. The second-order valence-corrected chi connectivity index (χ2v) is 3.97. The average Bonchev–Trinajstić information content (AvgIpc) is 2.14. The van der Waals surface area contributed by atoms with Crippen molar-refractivity contribution in [1.29, 1.82) is 0 Å². The van der Waals surface area contributed by atoms with E-state index in [1.807, 2.05) is 0 Å². The lowest BCUT2D eigenvalue weighted by Crippen LogP contribution is -2.36. The van der Waals surface area contributed by atoms with Gasteiger partial charge in [-0.05, 0) is 19.9 Å². The van der Waals surface area contributed by atoms with Gasteiger partial charge < -0.3 is 5.11 Å². The van der Waals surface area contributed by atoms with Crippen LogP contribution in [0.15, 0.2) is 24.1 Å². The van der Waals surface area contributed by atoms with Crippen LogP contribution in [-0.4, -0.2) is 23.2 Å². The second-order valence-electron chi connectivity index (χ2n) is 3.97. The smallest absolute Gasteiger partial charge is 0.460 e. The number of hydrogen-bond donors (Lipinski definition) is 1.